The first kappa shape index (κ1) is 44.0. The molecule has 62 heavy (non-hydrogen) atoms. The van der Waals surface area contributed by atoms with Gasteiger partial charge in [-0.05, 0) is 130 Å². The second-order valence-electron chi connectivity index (χ2n) is 18.3. The van der Waals surface area contributed by atoms with Crippen LogP contribution in [-0.4, -0.2) is 53.3 Å². The van der Waals surface area contributed by atoms with Crippen LogP contribution in [0, 0.1) is 27.7 Å². The van der Waals surface area contributed by atoms with E-state index in [4.69, 9.17) is 29.4 Å². The lowest BCUT2D eigenvalue weighted by Crippen LogP contribution is -2.28. The van der Waals surface area contributed by atoms with Crippen LogP contribution in [0.2, 0.25) is 0 Å². The SMILES string of the molecule is Cc1ccc(-c2c(C(OC(C)(C)C)C(=O)O)c(C)nc3nc4c(cc23)CCCC4)cc1.Cc1ccc(-c2c(C(OC(C)(C)C)C(=O)O)c(C)nc3nc4ccccc4cc23)cc1. The number of ether oxygens (including phenoxy) is 2. The van der Waals surface area contributed by atoms with Crippen LogP contribution >= 0.6 is 0 Å². The van der Waals surface area contributed by atoms with Gasteiger partial charge in [0, 0.05) is 55.5 Å². The fourth-order valence-corrected chi connectivity index (χ4v) is 8.23. The Morgan fingerprint density at radius 3 is 1.52 bits per heavy atom. The molecule has 0 saturated heterocycles. The molecule has 0 aliphatic heterocycles. The molecule has 1 aliphatic rings. The first-order valence-corrected chi connectivity index (χ1v) is 21.3. The van der Waals surface area contributed by atoms with Crippen molar-refractivity contribution in [2.75, 3.05) is 0 Å². The third-order valence-electron chi connectivity index (χ3n) is 11.0. The van der Waals surface area contributed by atoms with E-state index < -0.39 is 35.3 Å². The maximum atomic E-state index is 12.4. The minimum Gasteiger partial charge on any atom is -0.479 e. The summed E-state index contributed by atoms with van der Waals surface area (Å²) in [4.78, 5) is 43.9. The molecule has 0 radical (unpaired) electrons. The number of aromatic nitrogens is 4. The topological polar surface area (TPSA) is 145 Å². The van der Waals surface area contributed by atoms with Gasteiger partial charge in [0.25, 0.3) is 0 Å². The normalized spacial score (nSPS) is 14.0. The smallest absolute Gasteiger partial charge is 0.337 e. The Hall–Kier alpha value is -6.10. The average molecular weight is 833 g/mol. The summed E-state index contributed by atoms with van der Waals surface area (Å²) in [5.41, 5.74) is 11.4. The summed E-state index contributed by atoms with van der Waals surface area (Å²) >= 11 is 0. The molecule has 0 amide bonds. The second kappa shape index (κ2) is 17.3. The molecule has 2 atom stereocenters. The highest BCUT2D eigenvalue weighted by Gasteiger charge is 2.34. The van der Waals surface area contributed by atoms with Crippen LogP contribution in [0.25, 0.3) is 55.2 Å². The molecule has 10 nitrogen and oxygen atoms in total. The predicted octanol–water partition coefficient (Wildman–Crippen LogP) is 11.7. The van der Waals surface area contributed by atoms with Crippen molar-refractivity contribution < 1.29 is 29.3 Å². The van der Waals surface area contributed by atoms with Crippen LogP contribution in [0.3, 0.4) is 0 Å². The molecule has 0 fully saturated rings. The first-order valence-electron chi connectivity index (χ1n) is 21.3. The van der Waals surface area contributed by atoms with Gasteiger partial charge < -0.3 is 19.7 Å². The van der Waals surface area contributed by atoms with E-state index in [1.54, 1.807) is 0 Å². The summed E-state index contributed by atoms with van der Waals surface area (Å²) in [6.07, 6.45) is 1.99. The van der Waals surface area contributed by atoms with E-state index in [-0.39, 0.29) is 0 Å². The summed E-state index contributed by atoms with van der Waals surface area (Å²) in [6.45, 7) is 18.9. The fourth-order valence-electron chi connectivity index (χ4n) is 8.23. The van der Waals surface area contributed by atoms with Crippen molar-refractivity contribution in [3.05, 3.63) is 130 Å². The Labute approximate surface area is 363 Å². The molecule has 7 aromatic rings. The summed E-state index contributed by atoms with van der Waals surface area (Å²) < 4.78 is 12.1. The van der Waals surface area contributed by atoms with E-state index in [0.29, 0.717) is 33.8 Å². The van der Waals surface area contributed by atoms with Gasteiger partial charge >= 0.3 is 11.9 Å². The molecule has 2 N–H and O–H groups in total. The molecular formula is C52H56N4O6. The highest BCUT2D eigenvalue weighted by Crippen LogP contribution is 2.42. The summed E-state index contributed by atoms with van der Waals surface area (Å²) in [5.74, 6) is -2.06. The van der Waals surface area contributed by atoms with E-state index in [1.807, 2.05) is 148 Å². The Morgan fingerprint density at radius 1 is 0.581 bits per heavy atom. The summed E-state index contributed by atoms with van der Waals surface area (Å²) in [5, 5.41) is 22.9. The quantitative estimate of drug-likeness (QED) is 0.142. The van der Waals surface area contributed by atoms with Crippen molar-refractivity contribution in [1.29, 1.82) is 0 Å². The molecule has 10 heteroatoms. The fraction of sp³-hybridized carbons (Fsp3) is 0.346. The van der Waals surface area contributed by atoms with E-state index in [2.05, 4.69) is 6.07 Å². The van der Waals surface area contributed by atoms with Gasteiger partial charge in [-0.15, -0.1) is 0 Å². The van der Waals surface area contributed by atoms with Crippen molar-refractivity contribution in [2.45, 2.75) is 118 Å². The van der Waals surface area contributed by atoms with Gasteiger partial charge in [0.15, 0.2) is 23.5 Å². The number of hydrogen-bond acceptors (Lipinski definition) is 8. The minimum atomic E-state index is -1.15. The number of carbonyl (C=O) groups is 2. The van der Waals surface area contributed by atoms with E-state index in [9.17, 15) is 19.8 Å². The molecule has 0 bridgehead atoms. The van der Waals surface area contributed by atoms with Crippen molar-refractivity contribution in [2.24, 2.45) is 0 Å². The highest BCUT2D eigenvalue weighted by atomic mass is 16.5. The Balaban J connectivity index is 0.000000186. The lowest BCUT2D eigenvalue weighted by Gasteiger charge is -2.28. The zero-order chi connectivity index (χ0) is 44.7. The van der Waals surface area contributed by atoms with Gasteiger partial charge in [-0.2, -0.15) is 0 Å². The molecule has 8 rings (SSSR count). The minimum absolute atomic E-state index is 0.566. The third-order valence-corrected chi connectivity index (χ3v) is 11.0. The van der Waals surface area contributed by atoms with Crippen LogP contribution in [0.5, 0.6) is 0 Å². The standard InChI is InChI=1S/C26H30N2O3.C26H26N2O3/c2*1-15-10-12-17(13-11-15)22-19-14-18-8-6-7-9-20(18)28-24(19)27-16(2)21(22)23(25(29)30)31-26(3,4)5/h10-14,23H,6-9H2,1-5H3,(H,29,30);6-14,23H,1-5H3,(H,29,30). The molecule has 4 aromatic heterocycles. The number of nitrogens with zero attached hydrogens (tertiary/aromatic N) is 4. The number of aryl methyl sites for hydroxylation is 6. The first-order chi connectivity index (χ1) is 29.3. The molecule has 4 heterocycles. The molecule has 320 valence electrons. The van der Waals surface area contributed by atoms with Crippen LogP contribution in [0.1, 0.15) is 111 Å². The lowest BCUT2D eigenvalue weighted by atomic mass is 9.89. The number of rotatable bonds is 8. The third kappa shape index (κ3) is 9.52. The number of aliphatic carboxylic acids is 2. The summed E-state index contributed by atoms with van der Waals surface area (Å²) in [7, 11) is 0. The van der Waals surface area contributed by atoms with Crippen molar-refractivity contribution in [3.8, 4) is 22.3 Å². The number of carboxylic acids is 2. The van der Waals surface area contributed by atoms with Crippen molar-refractivity contribution >= 4 is 44.9 Å². The summed E-state index contributed by atoms with van der Waals surface area (Å²) in [6, 6.07) is 28.3. The van der Waals surface area contributed by atoms with Gasteiger partial charge in [-0.1, -0.05) is 77.9 Å². The Bertz CT molecular complexity index is 2820. The van der Waals surface area contributed by atoms with E-state index in [1.165, 1.54) is 5.56 Å². The maximum absolute atomic E-state index is 12.4. The average Bonchev–Trinajstić information content (AvgIpc) is 3.20. The van der Waals surface area contributed by atoms with Gasteiger partial charge in [0.1, 0.15) is 0 Å². The molecule has 2 unspecified atom stereocenters. The molecule has 3 aromatic carbocycles. The van der Waals surface area contributed by atoms with Crippen LogP contribution in [0.15, 0.2) is 84.9 Å². The number of benzene rings is 3. The monoisotopic (exact) mass is 832 g/mol. The van der Waals surface area contributed by atoms with E-state index >= 15 is 0 Å². The van der Waals surface area contributed by atoms with Crippen LogP contribution in [-0.2, 0) is 31.9 Å². The molecular weight excluding hydrogens is 777 g/mol. The maximum Gasteiger partial charge on any atom is 0.337 e. The number of fused-ring (bicyclic) bond motifs is 4. The molecule has 1 aliphatic carbocycles. The van der Waals surface area contributed by atoms with Crippen molar-refractivity contribution in [3.63, 3.8) is 0 Å². The predicted molar refractivity (Wildman–Crippen MR) is 245 cm³/mol. The van der Waals surface area contributed by atoms with Crippen LogP contribution in [0.4, 0.5) is 0 Å². The van der Waals surface area contributed by atoms with Gasteiger partial charge in [-0.3, -0.25) is 0 Å². The zero-order valence-corrected chi connectivity index (χ0v) is 37.4. The van der Waals surface area contributed by atoms with E-state index in [0.717, 1.165) is 86.4 Å². The Morgan fingerprint density at radius 2 is 1.03 bits per heavy atom. The zero-order valence-electron chi connectivity index (χ0n) is 37.4. The number of para-hydroxylation sites is 1. The van der Waals surface area contributed by atoms with Gasteiger partial charge in [0.2, 0.25) is 0 Å². The highest BCUT2D eigenvalue weighted by molar-refractivity contribution is 6.02. The molecule has 0 spiro atoms. The second-order valence-corrected chi connectivity index (χ2v) is 18.3. The Kier molecular flexibility index (Phi) is 12.3. The lowest BCUT2D eigenvalue weighted by molar-refractivity contribution is -0.161. The molecule has 0 saturated carbocycles. The van der Waals surface area contributed by atoms with Gasteiger partial charge in [0.05, 0.1) is 16.7 Å². The van der Waals surface area contributed by atoms with Crippen molar-refractivity contribution in [1.82, 2.24) is 19.9 Å². The van der Waals surface area contributed by atoms with Gasteiger partial charge in [-0.25, -0.2) is 29.5 Å². The number of carboxylic acid groups (broad SMARTS) is 2. The number of pyridine rings is 4. The van der Waals surface area contributed by atoms with Crippen LogP contribution < -0.4 is 0 Å². The number of hydrogen-bond donors (Lipinski definition) is 2. The largest absolute Gasteiger partial charge is 0.479 e.